The van der Waals surface area contributed by atoms with Gasteiger partial charge in [0.1, 0.15) is 0 Å². The van der Waals surface area contributed by atoms with Crippen LogP contribution >= 0.6 is 11.3 Å². The van der Waals surface area contributed by atoms with E-state index >= 15 is 0 Å². The van der Waals surface area contributed by atoms with E-state index in [1.54, 1.807) is 11.3 Å². The topological polar surface area (TPSA) is 37.4 Å². The zero-order valence-electron chi connectivity index (χ0n) is 11.3. The normalized spacial score (nSPS) is 16.3. The summed E-state index contributed by atoms with van der Waals surface area (Å²) >= 11 is 1.74. The molecule has 1 aromatic rings. The summed E-state index contributed by atoms with van der Waals surface area (Å²) in [6.07, 6.45) is 7.36. The van der Waals surface area contributed by atoms with Gasteiger partial charge in [-0.2, -0.15) is 5.48 Å². The van der Waals surface area contributed by atoms with E-state index in [4.69, 9.17) is 4.84 Å². The first-order valence-electron chi connectivity index (χ1n) is 6.91. The number of hydrogen-bond acceptors (Lipinski definition) is 5. The van der Waals surface area contributed by atoms with Crippen molar-refractivity contribution >= 4 is 16.5 Å². The van der Waals surface area contributed by atoms with Crippen molar-refractivity contribution in [3.63, 3.8) is 0 Å². The second kappa shape index (κ2) is 7.07. The van der Waals surface area contributed by atoms with Crippen molar-refractivity contribution in [1.82, 2.24) is 10.5 Å². The van der Waals surface area contributed by atoms with Gasteiger partial charge in [-0.05, 0) is 26.7 Å². The third-order valence-corrected chi connectivity index (χ3v) is 4.43. The Labute approximate surface area is 113 Å². The SMILES string of the molecule is CCN(CC)c1ncc(CNOC2CCCC2)s1. The molecule has 0 radical (unpaired) electrons. The highest BCUT2D eigenvalue weighted by Gasteiger charge is 2.15. The summed E-state index contributed by atoms with van der Waals surface area (Å²) in [5.74, 6) is 0. The fraction of sp³-hybridized carbons (Fsp3) is 0.769. The van der Waals surface area contributed by atoms with Crippen LogP contribution in [0.2, 0.25) is 0 Å². The van der Waals surface area contributed by atoms with Crippen molar-refractivity contribution in [2.75, 3.05) is 18.0 Å². The maximum Gasteiger partial charge on any atom is 0.185 e. The summed E-state index contributed by atoms with van der Waals surface area (Å²) in [6, 6.07) is 0. The number of nitrogens with zero attached hydrogens (tertiary/aromatic N) is 2. The summed E-state index contributed by atoms with van der Waals surface area (Å²) < 4.78 is 0. The average Bonchev–Trinajstić information content (AvgIpc) is 3.03. The van der Waals surface area contributed by atoms with Crippen molar-refractivity contribution in [2.45, 2.75) is 52.2 Å². The fourth-order valence-corrected chi connectivity index (χ4v) is 3.22. The molecule has 0 spiro atoms. The highest BCUT2D eigenvalue weighted by atomic mass is 32.1. The predicted molar refractivity (Wildman–Crippen MR) is 75.9 cm³/mol. The third kappa shape index (κ3) is 3.67. The van der Waals surface area contributed by atoms with Gasteiger partial charge in [-0.1, -0.05) is 12.8 Å². The summed E-state index contributed by atoms with van der Waals surface area (Å²) in [5.41, 5.74) is 3.08. The summed E-state index contributed by atoms with van der Waals surface area (Å²) in [7, 11) is 0. The maximum atomic E-state index is 5.64. The second-order valence-electron chi connectivity index (χ2n) is 4.63. The largest absolute Gasteiger partial charge is 0.349 e. The lowest BCUT2D eigenvalue weighted by Gasteiger charge is -2.16. The van der Waals surface area contributed by atoms with Gasteiger partial charge in [0.25, 0.3) is 0 Å². The van der Waals surface area contributed by atoms with Gasteiger partial charge in [-0.15, -0.1) is 11.3 Å². The Bertz CT molecular complexity index is 346. The van der Waals surface area contributed by atoms with Crippen LogP contribution in [0, 0.1) is 0 Å². The Hall–Kier alpha value is -0.650. The Morgan fingerprint density at radius 3 is 2.78 bits per heavy atom. The molecule has 18 heavy (non-hydrogen) atoms. The molecule has 1 N–H and O–H groups in total. The molecule has 1 aliphatic carbocycles. The highest BCUT2D eigenvalue weighted by Crippen LogP contribution is 2.23. The fourth-order valence-electron chi connectivity index (χ4n) is 2.26. The van der Waals surface area contributed by atoms with Crippen LogP contribution in [-0.4, -0.2) is 24.2 Å². The van der Waals surface area contributed by atoms with Gasteiger partial charge in [-0.3, -0.25) is 4.84 Å². The van der Waals surface area contributed by atoms with Crippen LogP contribution in [0.5, 0.6) is 0 Å². The van der Waals surface area contributed by atoms with Crippen LogP contribution in [0.15, 0.2) is 6.20 Å². The van der Waals surface area contributed by atoms with Crippen LogP contribution in [0.1, 0.15) is 44.4 Å². The van der Waals surface area contributed by atoms with Crippen LogP contribution in [-0.2, 0) is 11.4 Å². The molecule has 0 aromatic carbocycles. The van der Waals surface area contributed by atoms with Crippen molar-refractivity contribution in [3.8, 4) is 0 Å². The number of hydroxylamine groups is 1. The Morgan fingerprint density at radius 2 is 2.11 bits per heavy atom. The molecular weight excluding hydrogens is 246 g/mol. The number of anilines is 1. The van der Waals surface area contributed by atoms with Gasteiger partial charge in [0.05, 0.1) is 12.6 Å². The molecule has 4 nitrogen and oxygen atoms in total. The molecule has 0 bridgehead atoms. The molecule has 1 fully saturated rings. The molecule has 2 rings (SSSR count). The van der Waals surface area contributed by atoms with E-state index in [9.17, 15) is 0 Å². The minimum absolute atomic E-state index is 0.417. The van der Waals surface area contributed by atoms with E-state index in [-0.39, 0.29) is 0 Å². The van der Waals surface area contributed by atoms with E-state index < -0.39 is 0 Å². The molecule has 1 saturated carbocycles. The summed E-state index contributed by atoms with van der Waals surface area (Å²) in [6.45, 7) is 7.10. The zero-order valence-corrected chi connectivity index (χ0v) is 12.1. The first kappa shape index (κ1) is 13.8. The number of aromatic nitrogens is 1. The van der Waals surface area contributed by atoms with Gasteiger partial charge in [0, 0.05) is 24.2 Å². The third-order valence-electron chi connectivity index (χ3n) is 3.37. The number of hydrogen-bond donors (Lipinski definition) is 1. The molecule has 0 saturated heterocycles. The van der Waals surface area contributed by atoms with Gasteiger partial charge >= 0.3 is 0 Å². The van der Waals surface area contributed by atoms with Crippen molar-refractivity contribution in [3.05, 3.63) is 11.1 Å². The highest BCUT2D eigenvalue weighted by molar-refractivity contribution is 7.15. The van der Waals surface area contributed by atoms with E-state index in [0.29, 0.717) is 6.10 Å². The predicted octanol–water partition coefficient (Wildman–Crippen LogP) is 2.95. The number of rotatable bonds is 7. The van der Waals surface area contributed by atoms with Crippen LogP contribution in [0.3, 0.4) is 0 Å². The molecule has 1 heterocycles. The first-order chi connectivity index (χ1) is 8.83. The monoisotopic (exact) mass is 269 g/mol. The standard InChI is InChI=1S/C13H23N3OS/c1-3-16(4-2)13-14-9-12(18-13)10-15-17-11-7-5-6-8-11/h9,11,15H,3-8,10H2,1-2H3. The molecule has 0 unspecified atom stereocenters. The summed E-state index contributed by atoms with van der Waals surface area (Å²) in [5, 5.41) is 1.11. The number of nitrogens with one attached hydrogen (secondary N) is 1. The quantitative estimate of drug-likeness (QED) is 0.772. The van der Waals surface area contributed by atoms with Crippen molar-refractivity contribution in [2.24, 2.45) is 0 Å². The molecular formula is C13H23N3OS. The lowest BCUT2D eigenvalue weighted by atomic mass is 10.3. The van der Waals surface area contributed by atoms with Crippen LogP contribution in [0.25, 0.3) is 0 Å². The average molecular weight is 269 g/mol. The molecule has 5 heteroatoms. The molecule has 0 amide bonds. The Kier molecular flexibility index (Phi) is 5.41. The van der Waals surface area contributed by atoms with Gasteiger partial charge in [0.2, 0.25) is 0 Å². The van der Waals surface area contributed by atoms with E-state index in [0.717, 1.165) is 24.8 Å². The van der Waals surface area contributed by atoms with E-state index in [2.05, 4.69) is 29.2 Å². The Morgan fingerprint density at radius 1 is 1.39 bits per heavy atom. The molecule has 1 aliphatic rings. The second-order valence-corrected chi connectivity index (χ2v) is 5.72. The van der Waals surface area contributed by atoms with Crippen molar-refractivity contribution in [1.29, 1.82) is 0 Å². The lowest BCUT2D eigenvalue weighted by molar-refractivity contribution is -0.0240. The van der Waals surface area contributed by atoms with E-state index in [1.807, 2.05) is 6.20 Å². The van der Waals surface area contributed by atoms with Gasteiger partial charge in [0.15, 0.2) is 5.13 Å². The molecule has 0 aliphatic heterocycles. The van der Waals surface area contributed by atoms with Gasteiger partial charge in [-0.25, -0.2) is 4.98 Å². The van der Waals surface area contributed by atoms with E-state index in [1.165, 1.54) is 30.6 Å². The Balaban J connectivity index is 1.75. The molecule has 0 atom stereocenters. The summed E-state index contributed by atoms with van der Waals surface area (Å²) in [4.78, 5) is 13.6. The lowest BCUT2D eigenvalue weighted by Crippen LogP contribution is -2.21. The molecule has 1 aromatic heterocycles. The van der Waals surface area contributed by atoms with Crippen molar-refractivity contribution < 1.29 is 4.84 Å². The minimum atomic E-state index is 0.417. The molecule has 102 valence electrons. The van der Waals surface area contributed by atoms with Crippen LogP contribution in [0.4, 0.5) is 5.13 Å². The first-order valence-corrected chi connectivity index (χ1v) is 7.73. The van der Waals surface area contributed by atoms with Crippen LogP contribution < -0.4 is 10.4 Å². The van der Waals surface area contributed by atoms with Gasteiger partial charge < -0.3 is 4.90 Å². The smallest absolute Gasteiger partial charge is 0.185 e. The zero-order chi connectivity index (χ0) is 12.8. The minimum Gasteiger partial charge on any atom is -0.349 e. The maximum absolute atomic E-state index is 5.64. The number of thiazole rings is 1.